The van der Waals surface area contributed by atoms with E-state index in [2.05, 4.69) is 31.2 Å². The number of hydrogen-bond acceptors (Lipinski definition) is 1. The number of para-hydroxylation sites is 2. The number of hydrogen-bond donors (Lipinski definition) is 0. The summed E-state index contributed by atoms with van der Waals surface area (Å²) in [5.74, 6) is 0. The van der Waals surface area contributed by atoms with Crippen LogP contribution in [0.15, 0.2) is 46.9 Å². The largest absolute Gasteiger partial charge is 0.456 e. The van der Waals surface area contributed by atoms with Crippen LogP contribution in [0, 0.1) is 6.92 Å². The second-order valence-electron chi connectivity index (χ2n) is 3.55. The fraction of sp³-hybridized carbons (Fsp3) is 0.0769. The van der Waals surface area contributed by atoms with Crippen LogP contribution in [0.3, 0.4) is 0 Å². The third-order valence-electron chi connectivity index (χ3n) is 2.60. The summed E-state index contributed by atoms with van der Waals surface area (Å²) < 4.78 is 5.78. The lowest BCUT2D eigenvalue weighted by Gasteiger charge is -1.91. The Bertz CT molecular complexity index is 605. The molecule has 1 nitrogen and oxygen atoms in total. The van der Waals surface area contributed by atoms with E-state index in [1.54, 1.807) is 0 Å². The van der Waals surface area contributed by atoms with Crippen LogP contribution in [0.4, 0.5) is 0 Å². The van der Waals surface area contributed by atoms with Gasteiger partial charge in [0.1, 0.15) is 11.2 Å². The summed E-state index contributed by atoms with van der Waals surface area (Å²) in [5, 5.41) is 2.41. The topological polar surface area (TPSA) is 13.1 Å². The van der Waals surface area contributed by atoms with Gasteiger partial charge in [0.25, 0.3) is 0 Å². The lowest BCUT2D eigenvalue weighted by Crippen LogP contribution is -1.70. The molecule has 3 aromatic rings. The Kier molecular flexibility index (Phi) is 1.42. The van der Waals surface area contributed by atoms with E-state index < -0.39 is 0 Å². The number of rotatable bonds is 0. The van der Waals surface area contributed by atoms with Gasteiger partial charge in [-0.2, -0.15) is 0 Å². The fourth-order valence-electron chi connectivity index (χ4n) is 1.89. The van der Waals surface area contributed by atoms with Crippen molar-refractivity contribution < 1.29 is 4.42 Å². The zero-order valence-corrected chi connectivity index (χ0v) is 7.95. The quantitative estimate of drug-likeness (QED) is 0.514. The molecule has 0 bridgehead atoms. The molecule has 0 radical (unpaired) electrons. The number of furan rings is 1. The van der Waals surface area contributed by atoms with E-state index in [1.165, 1.54) is 16.3 Å². The second-order valence-corrected chi connectivity index (χ2v) is 3.55. The van der Waals surface area contributed by atoms with Gasteiger partial charge in [0.05, 0.1) is 0 Å². The molecule has 1 aromatic heterocycles. The van der Waals surface area contributed by atoms with E-state index in [0.29, 0.717) is 0 Å². The van der Waals surface area contributed by atoms with Crippen molar-refractivity contribution in [2.75, 3.05) is 0 Å². The minimum Gasteiger partial charge on any atom is -0.456 e. The van der Waals surface area contributed by atoms with Gasteiger partial charge < -0.3 is 4.42 Å². The third-order valence-corrected chi connectivity index (χ3v) is 2.60. The molecule has 0 saturated carbocycles. The minimum absolute atomic E-state index is 0.969. The molecule has 0 atom stereocenters. The van der Waals surface area contributed by atoms with Gasteiger partial charge in [0.2, 0.25) is 0 Å². The first-order chi connectivity index (χ1) is 6.86. The minimum atomic E-state index is 0.969. The standard InChI is InChI=1S/C13H10O/c1-9-5-4-7-11-10-6-2-3-8-12(10)14-13(9)11/h2-8H,1H3. The van der Waals surface area contributed by atoms with Crippen molar-refractivity contribution in [1.29, 1.82) is 0 Å². The van der Waals surface area contributed by atoms with Gasteiger partial charge in [-0.15, -0.1) is 0 Å². The van der Waals surface area contributed by atoms with Crippen LogP contribution in [-0.4, -0.2) is 0 Å². The number of fused-ring (bicyclic) bond motifs is 3. The molecule has 0 saturated heterocycles. The predicted molar refractivity (Wildman–Crippen MR) is 58.5 cm³/mol. The Morgan fingerprint density at radius 2 is 1.64 bits per heavy atom. The average Bonchev–Trinajstić information content (AvgIpc) is 2.59. The molecule has 3 rings (SSSR count). The first-order valence-corrected chi connectivity index (χ1v) is 4.73. The molecule has 0 aliphatic heterocycles. The van der Waals surface area contributed by atoms with E-state index in [1.807, 2.05) is 18.2 Å². The van der Waals surface area contributed by atoms with Gasteiger partial charge >= 0.3 is 0 Å². The van der Waals surface area contributed by atoms with Gasteiger partial charge in [-0.3, -0.25) is 0 Å². The maximum absolute atomic E-state index is 5.78. The highest BCUT2D eigenvalue weighted by molar-refractivity contribution is 6.05. The van der Waals surface area contributed by atoms with E-state index in [9.17, 15) is 0 Å². The summed E-state index contributed by atoms with van der Waals surface area (Å²) in [4.78, 5) is 0. The van der Waals surface area contributed by atoms with Crippen LogP contribution >= 0.6 is 0 Å². The Morgan fingerprint density at radius 3 is 2.57 bits per heavy atom. The van der Waals surface area contributed by atoms with Crippen molar-refractivity contribution in [2.24, 2.45) is 0 Å². The first kappa shape index (κ1) is 7.63. The second kappa shape index (κ2) is 2.61. The SMILES string of the molecule is Cc1cccc2c1oc1ccccc12. The fourth-order valence-corrected chi connectivity index (χ4v) is 1.89. The van der Waals surface area contributed by atoms with Crippen LogP contribution < -0.4 is 0 Å². The Balaban J connectivity index is 2.63. The molecular weight excluding hydrogens is 172 g/mol. The average molecular weight is 182 g/mol. The monoisotopic (exact) mass is 182 g/mol. The summed E-state index contributed by atoms with van der Waals surface area (Å²) in [5.41, 5.74) is 3.17. The van der Waals surface area contributed by atoms with Crippen molar-refractivity contribution in [3.63, 3.8) is 0 Å². The van der Waals surface area contributed by atoms with Gasteiger partial charge in [-0.25, -0.2) is 0 Å². The van der Waals surface area contributed by atoms with E-state index in [4.69, 9.17) is 4.42 Å². The van der Waals surface area contributed by atoms with Crippen molar-refractivity contribution in [3.8, 4) is 0 Å². The molecule has 0 amide bonds. The molecule has 0 aliphatic carbocycles. The van der Waals surface area contributed by atoms with Gasteiger partial charge in [-0.05, 0) is 18.6 Å². The summed E-state index contributed by atoms with van der Waals surface area (Å²) in [7, 11) is 0. The molecule has 0 spiro atoms. The zero-order valence-electron chi connectivity index (χ0n) is 7.95. The Morgan fingerprint density at radius 1 is 0.857 bits per heavy atom. The highest BCUT2D eigenvalue weighted by Crippen LogP contribution is 2.29. The van der Waals surface area contributed by atoms with Gasteiger partial charge in [0, 0.05) is 10.8 Å². The summed E-state index contributed by atoms with van der Waals surface area (Å²) >= 11 is 0. The van der Waals surface area contributed by atoms with Crippen LogP contribution in [0.1, 0.15) is 5.56 Å². The predicted octanol–water partition coefficient (Wildman–Crippen LogP) is 3.89. The maximum Gasteiger partial charge on any atom is 0.138 e. The van der Waals surface area contributed by atoms with Crippen molar-refractivity contribution in [2.45, 2.75) is 6.92 Å². The molecule has 1 heteroatoms. The van der Waals surface area contributed by atoms with Gasteiger partial charge in [0.15, 0.2) is 0 Å². The number of benzene rings is 2. The lowest BCUT2D eigenvalue weighted by molar-refractivity contribution is 0.666. The number of aryl methyl sites for hydroxylation is 1. The molecule has 0 aliphatic rings. The summed E-state index contributed by atoms with van der Waals surface area (Å²) in [6, 6.07) is 14.4. The van der Waals surface area contributed by atoms with E-state index >= 15 is 0 Å². The van der Waals surface area contributed by atoms with Crippen LogP contribution in [0.2, 0.25) is 0 Å². The molecule has 0 N–H and O–H groups in total. The van der Waals surface area contributed by atoms with Gasteiger partial charge in [-0.1, -0.05) is 36.4 Å². The molecule has 2 aromatic carbocycles. The highest BCUT2D eigenvalue weighted by atomic mass is 16.3. The van der Waals surface area contributed by atoms with Crippen molar-refractivity contribution >= 4 is 21.9 Å². The molecule has 1 heterocycles. The molecule has 0 unspecified atom stereocenters. The Hall–Kier alpha value is -1.76. The van der Waals surface area contributed by atoms with Crippen LogP contribution in [0.25, 0.3) is 21.9 Å². The zero-order chi connectivity index (χ0) is 9.54. The smallest absolute Gasteiger partial charge is 0.138 e. The molecule has 0 fully saturated rings. The van der Waals surface area contributed by atoms with Crippen molar-refractivity contribution in [1.82, 2.24) is 0 Å². The van der Waals surface area contributed by atoms with E-state index in [0.717, 1.165) is 11.2 Å². The summed E-state index contributed by atoms with van der Waals surface area (Å²) in [6.07, 6.45) is 0. The summed E-state index contributed by atoms with van der Waals surface area (Å²) in [6.45, 7) is 2.07. The highest BCUT2D eigenvalue weighted by Gasteiger charge is 2.06. The molecule has 14 heavy (non-hydrogen) atoms. The van der Waals surface area contributed by atoms with Crippen LogP contribution in [-0.2, 0) is 0 Å². The van der Waals surface area contributed by atoms with Crippen LogP contribution in [0.5, 0.6) is 0 Å². The normalized spacial score (nSPS) is 11.2. The third kappa shape index (κ3) is 0.896. The van der Waals surface area contributed by atoms with E-state index in [-0.39, 0.29) is 0 Å². The lowest BCUT2D eigenvalue weighted by atomic mass is 10.1. The molecular formula is C13H10O. The first-order valence-electron chi connectivity index (χ1n) is 4.73. The maximum atomic E-state index is 5.78. The Labute approximate surface area is 82.0 Å². The van der Waals surface area contributed by atoms with Crippen molar-refractivity contribution in [3.05, 3.63) is 48.0 Å². The molecule has 68 valence electrons.